The van der Waals surface area contributed by atoms with Crippen LogP contribution in [-0.4, -0.2) is 22.4 Å². The Kier molecular flexibility index (Phi) is 1.70. The number of carbonyl (C=O) groups is 1. The number of benzene rings is 1. The summed E-state index contributed by atoms with van der Waals surface area (Å²) in [5, 5.41) is 1.12. The Balaban J connectivity index is 2.49. The number of aromatic nitrogens is 1. The average molecular weight is 214 g/mol. The lowest BCUT2D eigenvalue weighted by Crippen LogP contribution is -2.18. The summed E-state index contributed by atoms with van der Waals surface area (Å²) in [5.41, 5.74) is 4.37. The van der Waals surface area contributed by atoms with Gasteiger partial charge >= 0.3 is 0 Å². The van der Waals surface area contributed by atoms with Gasteiger partial charge in [0.25, 0.3) is 5.91 Å². The molecule has 3 heteroatoms. The minimum absolute atomic E-state index is 0.148. The van der Waals surface area contributed by atoms with Crippen LogP contribution in [0.3, 0.4) is 0 Å². The average Bonchev–Trinajstić information content (AvgIpc) is 2.69. The monoisotopic (exact) mass is 214 g/mol. The summed E-state index contributed by atoms with van der Waals surface area (Å²) in [6, 6.07) is 6.18. The van der Waals surface area contributed by atoms with Crippen LogP contribution in [0.4, 0.5) is 0 Å². The van der Waals surface area contributed by atoms with Crippen molar-refractivity contribution in [1.82, 2.24) is 9.47 Å². The lowest BCUT2D eigenvalue weighted by molar-refractivity contribution is 0.0817. The standard InChI is InChI=1S/C13H14N2O/c1-8-5-4-6-9-11(8)12-10(15(9)3)7-14(2)13(12)16/h4-6H,7H2,1-3H3. The normalized spacial score (nSPS) is 14.9. The Morgan fingerprint density at radius 1 is 1.25 bits per heavy atom. The fraction of sp³-hybridized carbons (Fsp3) is 0.308. The maximum Gasteiger partial charge on any atom is 0.256 e. The van der Waals surface area contributed by atoms with Crippen molar-refractivity contribution in [2.75, 3.05) is 7.05 Å². The highest BCUT2D eigenvalue weighted by Crippen LogP contribution is 2.33. The third kappa shape index (κ3) is 0.953. The van der Waals surface area contributed by atoms with Crippen LogP contribution in [0, 0.1) is 6.92 Å². The van der Waals surface area contributed by atoms with E-state index < -0.39 is 0 Å². The van der Waals surface area contributed by atoms with E-state index >= 15 is 0 Å². The molecular formula is C13H14N2O. The predicted molar refractivity (Wildman–Crippen MR) is 63.5 cm³/mol. The van der Waals surface area contributed by atoms with Gasteiger partial charge in [-0.3, -0.25) is 4.79 Å². The van der Waals surface area contributed by atoms with Crippen molar-refractivity contribution >= 4 is 16.8 Å². The second-order valence-corrected chi connectivity index (χ2v) is 4.51. The quantitative estimate of drug-likeness (QED) is 0.659. The first kappa shape index (κ1) is 9.46. The first-order chi connectivity index (χ1) is 7.61. The highest BCUT2D eigenvalue weighted by molar-refractivity contribution is 6.11. The van der Waals surface area contributed by atoms with Crippen molar-refractivity contribution in [1.29, 1.82) is 0 Å². The third-order valence-corrected chi connectivity index (χ3v) is 3.50. The van der Waals surface area contributed by atoms with Crippen molar-refractivity contribution < 1.29 is 4.79 Å². The number of fused-ring (bicyclic) bond motifs is 3. The largest absolute Gasteiger partial charge is 0.345 e. The van der Waals surface area contributed by atoms with Crippen molar-refractivity contribution in [3.8, 4) is 0 Å². The maximum atomic E-state index is 12.1. The van der Waals surface area contributed by atoms with Crippen LogP contribution in [0.2, 0.25) is 0 Å². The summed E-state index contributed by atoms with van der Waals surface area (Å²) in [5.74, 6) is 0.148. The molecule has 0 unspecified atom stereocenters. The molecule has 82 valence electrons. The van der Waals surface area contributed by atoms with E-state index in [-0.39, 0.29) is 5.91 Å². The molecule has 0 N–H and O–H groups in total. The molecule has 1 aliphatic heterocycles. The minimum atomic E-state index is 0.148. The molecule has 0 spiro atoms. The second-order valence-electron chi connectivity index (χ2n) is 4.51. The lowest BCUT2D eigenvalue weighted by Gasteiger charge is -2.09. The van der Waals surface area contributed by atoms with Crippen molar-refractivity contribution in [3.05, 3.63) is 35.0 Å². The van der Waals surface area contributed by atoms with Crippen molar-refractivity contribution in [2.45, 2.75) is 13.5 Å². The highest BCUT2D eigenvalue weighted by Gasteiger charge is 2.31. The molecule has 0 aliphatic carbocycles. The fourth-order valence-corrected chi connectivity index (χ4v) is 2.62. The molecule has 1 aromatic heterocycles. The van der Waals surface area contributed by atoms with Gasteiger partial charge in [0.05, 0.1) is 17.8 Å². The summed E-state index contributed by atoms with van der Waals surface area (Å²) < 4.78 is 2.14. The maximum absolute atomic E-state index is 12.1. The van der Waals surface area contributed by atoms with Gasteiger partial charge in [0.15, 0.2) is 0 Å². The zero-order chi connectivity index (χ0) is 11.4. The van der Waals surface area contributed by atoms with Crippen LogP contribution in [0.25, 0.3) is 10.9 Å². The Hall–Kier alpha value is -1.77. The summed E-state index contributed by atoms with van der Waals surface area (Å²) in [6.45, 7) is 2.78. The number of hydrogen-bond donors (Lipinski definition) is 0. The van der Waals surface area contributed by atoms with Gasteiger partial charge in [0.1, 0.15) is 0 Å². The zero-order valence-electron chi connectivity index (χ0n) is 9.74. The molecule has 1 amide bonds. The van der Waals surface area contributed by atoms with Gasteiger partial charge in [-0.15, -0.1) is 0 Å². The van der Waals surface area contributed by atoms with E-state index in [1.165, 1.54) is 5.56 Å². The van der Waals surface area contributed by atoms with E-state index in [9.17, 15) is 4.79 Å². The SMILES string of the molecule is Cc1cccc2c1c1c(n2C)CN(C)C1=O. The van der Waals surface area contributed by atoms with E-state index in [1.54, 1.807) is 4.90 Å². The fourth-order valence-electron chi connectivity index (χ4n) is 2.62. The molecular weight excluding hydrogens is 200 g/mol. The van der Waals surface area contributed by atoms with E-state index in [4.69, 9.17) is 0 Å². The second kappa shape index (κ2) is 2.88. The summed E-state index contributed by atoms with van der Waals surface area (Å²) in [4.78, 5) is 13.9. The van der Waals surface area contributed by atoms with Crippen LogP contribution < -0.4 is 0 Å². The van der Waals surface area contributed by atoms with Crippen LogP contribution in [0.5, 0.6) is 0 Å². The van der Waals surface area contributed by atoms with Crippen LogP contribution >= 0.6 is 0 Å². The molecule has 2 heterocycles. The summed E-state index contributed by atoms with van der Waals surface area (Å²) >= 11 is 0. The molecule has 3 rings (SSSR count). The Labute approximate surface area is 94.3 Å². The number of nitrogens with zero attached hydrogens (tertiary/aromatic N) is 2. The highest BCUT2D eigenvalue weighted by atomic mass is 16.2. The molecule has 0 bridgehead atoms. The summed E-state index contributed by atoms with van der Waals surface area (Å²) in [6.07, 6.45) is 0. The predicted octanol–water partition coefficient (Wildman–Crippen LogP) is 2.07. The first-order valence-corrected chi connectivity index (χ1v) is 5.43. The topological polar surface area (TPSA) is 25.2 Å². The van der Waals surface area contributed by atoms with Crippen molar-refractivity contribution in [2.24, 2.45) is 7.05 Å². The molecule has 16 heavy (non-hydrogen) atoms. The molecule has 3 nitrogen and oxygen atoms in total. The van der Waals surface area contributed by atoms with Crippen LogP contribution in [0.1, 0.15) is 21.6 Å². The Morgan fingerprint density at radius 3 is 2.75 bits per heavy atom. The number of rotatable bonds is 0. The van der Waals surface area contributed by atoms with Gasteiger partial charge in [0, 0.05) is 25.0 Å². The molecule has 2 aromatic rings. The van der Waals surface area contributed by atoms with E-state index in [0.29, 0.717) is 0 Å². The van der Waals surface area contributed by atoms with Gasteiger partial charge in [-0.25, -0.2) is 0 Å². The molecule has 1 aliphatic rings. The molecule has 0 radical (unpaired) electrons. The van der Waals surface area contributed by atoms with Gasteiger partial charge in [-0.1, -0.05) is 12.1 Å². The Bertz CT molecular complexity index is 610. The number of aryl methyl sites for hydroxylation is 2. The smallest absolute Gasteiger partial charge is 0.256 e. The molecule has 0 saturated carbocycles. The summed E-state index contributed by atoms with van der Waals surface area (Å²) in [7, 11) is 3.89. The number of amides is 1. The van der Waals surface area contributed by atoms with Gasteiger partial charge in [0.2, 0.25) is 0 Å². The number of hydrogen-bond acceptors (Lipinski definition) is 1. The molecule has 0 atom stereocenters. The van der Waals surface area contributed by atoms with Gasteiger partial charge in [-0.2, -0.15) is 0 Å². The molecule has 0 fully saturated rings. The van der Waals surface area contributed by atoms with E-state index in [2.05, 4.69) is 23.6 Å². The van der Waals surface area contributed by atoms with Crippen LogP contribution in [-0.2, 0) is 13.6 Å². The van der Waals surface area contributed by atoms with E-state index in [1.807, 2.05) is 20.2 Å². The third-order valence-electron chi connectivity index (χ3n) is 3.50. The van der Waals surface area contributed by atoms with E-state index in [0.717, 1.165) is 28.7 Å². The number of carbonyl (C=O) groups excluding carboxylic acids is 1. The Morgan fingerprint density at radius 2 is 2.00 bits per heavy atom. The van der Waals surface area contributed by atoms with Gasteiger partial charge < -0.3 is 9.47 Å². The lowest BCUT2D eigenvalue weighted by atomic mass is 10.1. The molecule has 0 saturated heterocycles. The first-order valence-electron chi connectivity index (χ1n) is 5.43. The molecule has 1 aromatic carbocycles. The minimum Gasteiger partial charge on any atom is -0.345 e. The van der Waals surface area contributed by atoms with Crippen LogP contribution in [0.15, 0.2) is 18.2 Å². The van der Waals surface area contributed by atoms with Gasteiger partial charge in [-0.05, 0) is 18.6 Å². The van der Waals surface area contributed by atoms with Crippen molar-refractivity contribution in [3.63, 3.8) is 0 Å². The zero-order valence-corrected chi connectivity index (χ0v) is 9.74.